The van der Waals surface area contributed by atoms with Crippen molar-refractivity contribution >= 4 is 22.6 Å². The molecule has 116 valence electrons. The van der Waals surface area contributed by atoms with Crippen LogP contribution in [-0.4, -0.2) is 54.2 Å². The number of nitrogens with zero attached hydrogens (tertiary/aromatic N) is 2. The average Bonchev–Trinajstić information content (AvgIpc) is 2.97. The summed E-state index contributed by atoms with van der Waals surface area (Å²) in [4.78, 5) is 30.6. The third kappa shape index (κ3) is 2.46. The van der Waals surface area contributed by atoms with Crippen molar-refractivity contribution in [3.63, 3.8) is 0 Å². The smallest absolute Gasteiger partial charge is 0.341 e. The Morgan fingerprint density at radius 2 is 2.18 bits per heavy atom. The molecule has 1 aromatic carbocycles. The lowest BCUT2D eigenvalue weighted by Crippen LogP contribution is -2.31. The van der Waals surface area contributed by atoms with E-state index in [1.165, 1.54) is 6.20 Å². The number of aromatic carboxylic acids is 1. The molecule has 3 rings (SSSR count). The highest BCUT2D eigenvalue weighted by molar-refractivity contribution is 5.93. The van der Waals surface area contributed by atoms with E-state index in [9.17, 15) is 9.59 Å². The van der Waals surface area contributed by atoms with Crippen molar-refractivity contribution < 1.29 is 9.90 Å². The van der Waals surface area contributed by atoms with Crippen LogP contribution >= 0.6 is 0 Å². The molecule has 0 spiro atoms. The van der Waals surface area contributed by atoms with Gasteiger partial charge in [-0.3, -0.25) is 4.79 Å². The Morgan fingerprint density at radius 1 is 1.41 bits per heavy atom. The molecule has 2 N–H and O–H groups in total. The number of anilines is 1. The van der Waals surface area contributed by atoms with Gasteiger partial charge in [-0.1, -0.05) is 0 Å². The maximum absolute atomic E-state index is 12.1. The van der Waals surface area contributed by atoms with Crippen LogP contribution in [0.2, 0.25) is 0 Å². The standard InChI is InChI=1S/C16H19N3O3/c1-18(2)11-5-6-19(9-11)10-3-4-12-14(7-10)17-8-13(15(12)20)16(21)22/h3-4,7-8,11H,5-6,9H2,1-2H3,(H,17,20)(H,21,22). The number of H-pyrrole nitrogens is 1. The molecule has 1 aliphatic rings. The molecule has 0 bridgehead atoms. The van der Waals surface area contributed by atoms with Crippen LogP contribution in [-0.2, 0) is 0 Å². The third-order valence-electron chi connectivity index (χ3n) is 4.35. The third-order valence-corrected chi connectivity index (χ3v) is 4.35. The largest absolute Gasteiger partial charge is 0.477 e. The van der Waals surface area contributed by atoms with Gasteiger partial charge in [0, 0.05) is 36.4 Å². The van der Waals surface area contributed by atoms with Gasteiger partial charge < -0.3 is 19.9 Å². The first kappa shape index (κ1) is 14.6. The summed E-state index contributed by atoms with van der Waals surface area (Å²) in [6.07, 6.45) is 2.38. The summed E-state index contributed by atoms with van der Waals surface area (Å²) < 4.78 is 0. The Labute approximate surface area is 128 Å². The second-order valence-corrected chi connectivity index (χ2v) is 5.92. The summed E-state index contributed by atoms with van der Waals surface area (Å²) in [6, 6.07) is 6.05. The maximum atomic E-state index is 12.1. The molecule has 0 radical (unpaired) electrons. The van der Waals surface area contributed by atoms with Gasteiger partial charge in [-0.2, -0.15) is 0 Å². The first-order valence-corrected chi connectivity index (χ1v) is 7.27. The second-order valence-electron chi connectivity index (χ2n) is 5.92. The number of carbonyl (C=O) groups is 1. The number of aromatic nitrogens is 1. The van der Waals surface area contributed by atoms with Gasteiger partial charge >= 0.3 is 5.97 Å². The van der Waals surface area contributed by atoms with Crippen LogP contribution in [0.5, 0.6) is 0 Å². The highest BCUT2D eigenvalue weighted by Crippen LogP contribution is 2.24. The first-order chi connectivity index (χ1) is 10.5. The highest BCUT2D eigenvalue weighted by atomic mass is 16.4. The minimum Gasteiger partial charge on any atom is -0.477 e. The van der Waals surface area contributed by atoms with Crippen LogP contribution in [0.15, 0.2) is 29.2 Å². The summed E-state index contributed by atoms with van der Waals surface area (Å²) in [5.41, 5.74) is 1.05. The van der Waals surface area contributed by atoms with E-state index in [4.69, 9.17) is 5.11 Å². The van der Waals surface area contributed by atoms with Gasteiger partial charge in [0.05, 0.1) is 5.52 Å². The van der Waals surface area contributed by atoms with Crippen molar-refractivity contribution in [2.45, 2.75) is 12.5 Å². The zero-order chi connectivity index (χ0) is 15.9. The van der Waals surface area contributed by atoms with Crippen LogP contribution < -0.4 is 10.3 Å². The van der Waals surface area contributed by atoms with Crippen LogP contribution in [0.1, 0.15) is 16.8 Å². The summed E-state index contributed by atoms with van der Waals surface area (Å²) in [6.45, 7) is 1.93. The van der Waals surface area contributed by atoms with Crippen LogP contribution in [0, 0.1) is 0 Å². The van der Waals surface area contributed by atoms with E-state index in [1.54, 1.807) is 6.07 Å². The van der Waals surface area contributed by atoms with Gasteiger partial charge in [-0.25, -0.2) is 4.79 Å². The first-order valence-electron chi connectivity index (χ1n) is 7.27. The lowest BCUT2D eigenvalue weighted by Gasteiger charge is -2.22. The fourth-order valence-electron chi connectivity index (χ4n) is 2.96. The van der Waals surface area contributed by atoms with E-state index in [-0.39, 0.29) is 5.56 Å². The Kier molecular flexibility index (Phi) is 3.62. The number of likely N-dealkylation sites (N-methyl/N-ethyl adjacent to an activating group) is 1. The summed E-state index contributed by atoms with van der Waals surface area (Å²) >= 11 is 0. The van der Waals surface area contributed by atoms with Crippen molar-refractivity contribution in [3.8, 4) is 0 Å². The zero-order valence-corrected chi connectivity index (χ0v) is 12.7. The van der Waals surface area contributed by atoms with Crippen molar-refractivity contribution in [1.29, 1.82) is 0 Å². The Hall–Kier alpha value is -2.34. The molecule has 0 saturated carbocycles. The predicted molar refractivity (Wildman–Crippen MR) is 85.8 cm³/mol. The lowest BCUT2D eigenvalue weighted by atomic mass is 10.1. The molecule has 1 unspecified atom stereocenters. The molecule has 2 aromatic rings. The van der Waals surface area contributed by atoms with Gasteiger partial charge in [0.15, 0.2) is 0 Å². The van der Waals surface area contributed by atoms with Crippen molar-refractivity contribution in [1.82, 2.24) is 9.88 Å². The van der Waals surface area contributed by atoms with Gasteiger partial charge in [0.1, 0.15) is 5.56 Å². The molecule has 0 aliphatic carbocycles. The molecule has 1 saturated heterocycles. The van der Waals surface area contributed by atoms with Crippen LogP contribution in [0.25, 0.3) is 10.9 Å². The highest BCUT2D eigenvalue weighted by Gasteiger charge is 2.24. The zero-order valence-electron chi connectivity index (χ0n) is 12.7. The SMILES string of the molecule is CN(C)C1CCN(c2ccc3c(=O)c(C(=O)O)c[nH]c3c2)C1. The average molecular weight is 301 g/mol. The fraction of sp³-hybridized carbons (Fsp3) is 0.375. The molecule has 0 amide bonds. The molecule has 1 atom stereocenters. The number of fused-ring (bicyclic) bond motifs is 1. The molecule has 1 aromatic heterocycles. The van der Waals surface area contributed by atoms with E-state index < -0.39 is 11.4 Å². The number of aromatic amines is 1. The van der Waals surface area contributed by atoms with Crippen molar-refractivity contribution in [2.75, 3.05) is 32.1 Å². The quantitative estimate of drug-likeness (QED) is 0.895. The van der Waals surface area contributed by atoms with Crippen molar-refractivity contribution in [2.24, 2.45) is 0 Å². The van der Waals surface area contributed by atoms with Gasteiger partial charge in [0.2, 0.25) is 5.43 Å². The topological polar surface area (TPSA) is 76.6 Å². The summed E-state index contributed by atoms with van der Waals surface area (Å²) in [5, 5.41) is 9.41. The van der Waals surface area contributed by atoms with Crippen molar-refractivity contribution in [3.05, 3.63) is 40.2 Å². The predicted octanol–water partition coefficient (Wildman–Crippen LogP) is 1.37. The molecular weight excluding hydrogens is 282 g/mol. The van der Waals surface area contributed by atoms with E-state index in [0.29, 0.717) is 16.9 Å². The Balaban J connectivity index is 1.96. The Bertz CT molecular complexity index is 782. The molecule has 22 heavy (non-hydrogen) atoms. The number of carboxylic acids is 1. The number of rotatable bonds is 3. The number of hydrogen-bond acceptors (Lipinski definition) is 4. The minimum absolute atomic E-state index is 0.228. The summed E-state index contributed by atoms with van der Waals surface area (Å²) in [5.74, 6) is -1.21. The van der Waals surface area contributed by atoms with Gasteiger partial charge in [0.25, 0.3) is 0 Å². The fourth-order valence-corrected chi connectivity index (χ4v) is 2.96. The van der Waals surface area contributed by atoms with E-state index in [2.05, 4.69) is 28.9 Å². The number of carboxylic acid groups (broad SMARTS) is 1. The van der Waals surface area contributed by atoms with Gasteiger partial charge in [-0.15, -0.1) is 0 Å². The number of nitrogens with one attached hydrogen (secondary N) is 1. The normalized spacial score (nSPS) is 18.3. The molecule has 6 nitrogen and oxygen atoms in total. The maximum Gasteiger partial charge on any atom is 0.341 e. The van der Waals surface area contributed by atoms with Gasteiger partial charge in [-0.05, 0) is 38.7 Å². The minimum atomic E-state index is -1.21. The monoisotopic (exact) mass is 301 g/mol. The number of pyridine rings is 1. The van der Waals surface area contributed by atoms with Crippen LogP contribution in [0.3, 0.4) is 0 Å². The number of hydrogen-bond donors (Lipinski definition) is 2. The molecule has 2 heterocycles. The second kappa shape index (κ2) is 5.46. The molecular formula is C16H19N3O3. The molecule has 1 aliphatic heterocycles. The van der Waals surface area contributed by atoms with E-state index in [0.717, 1.165) is 25.2 Å². The number of benzene rings is 1. The lowest BCUT2D eigenvalue weighted by molar-refractivity contribution is 0.0695. The van der Waals surface area contributed by atoms with E-state index >= 15 is 0 Å². The Morgan fingerprint density at radius 3 is 2.82 bits per heavy atom. The summed E-state index contributed by atoms with van der Waals surface area (Å²) in [7, 11) is 4.17. The molecule has 6 heteroatoms. The molecule has 1 fully saturated rings. The van der Waals surface area contributed by atoms with E-state index in [1.807, 2.05) is 12.1 Å². The van der Waals surface area contributed by atoms with Crippen LogP contribution in [0.4, 0.5) is 5.69 Å².